The highest BCUT2D eigenvalue weighted by Crippen LogP contribution is 2.25. The van der Waals surface area contributed by atoms with Crippen molar-refractivity contribution in [2.45, 2.75) is 6.54 Å². The van der Waals surface area contributed by atoms with Gasteiger partial charge in [-0.15, -0.1) is 0 Å². The third kappa shape index (κ3) is 3.71. The van der Waals surface area contributed by atoms with Crippen LogP contribution in [0.5, 0.6) is 0 Å². The van der Waals surface area contributed by atoms with Gasteiger partial charge in [0.2, 0.25) is 11.7 Å². The molecule has 2 aromatic heterocycles. The molecule has 1 fully saturated rings. The Hall–Kier alpha value is -4.05. The number of nitrogens with one attached hydrogen (secondary N) is 2. The van der Waals surface area contributed by atoms with Gasteiger partial charge in [0.15, 0.2) is 0 Å². The van der Waals surface area contributed by atoms with E-state index >= 15 is 0 Å². The van der Waals surface area contributed by atoms with Gasteiger partial charge in [0.05, 0.1) is 0 Å². The van der Waals surface area contributed by atoms with E-state index in [1.807, 2.05) is 53.1 Å². The van der Waals surface area contributed by atoms with Gasteiger partial charge in [-0.3, -0.25) is 20.2 Å². The number of imide groups is 2. The third-order valence-electron chi connectivity index (χ3n) is 4.94. The first-order valence-corrected chi connectivity index (χ1v) is 10.3. The van der Waals surface area contributed by atoms with Crippen LogP contribution in [0.1, 0.15) is 11.5 Å². The molecule has 1 aliphatic rings. The van der Waals surface area contributed by atoms with Crippen molar-refractivity contribution in [3.8, 4) is 11.4 Å². The molecule has 5 rings (SSSR count). The largest absolute Gasteiger partial charge is 0.337 e. The van der Waals surface area contributed by atoms with Gasteiger partial charge in [-0.25, -0.2) is 4.79 Å². The smallest absolute Gasteiger partial charge is 0.328 e. The van der Waals surface area contributed by atoms with E-state index in [-0.39, 0.29) is 5.57 Å². The summed E-state index contributed by atoms with van der Waals surface area (Å²) in [5, 5.41) is 9.03. The van der Waals surface area contributed by atoms with Crippen LogP contribution in [0, 0.1) is 0 Å². The summed E-state index contributed by atoms with van der Waals surface area (Å²) in [7, 11) is 0. The zero-order valence-electron chi connectivity index (χ0n) is 16.3. The van der Waals surface area contributed by atoms with Crippen LogP contribution in [0.3, 0.4) is 0 Å². The lowest BCUT2D eigenvalue weighted by Gasteiger charge is -2.13. The molecule has 2 aromatic carbocycles. The normalized spacial score (nSPS) is 13.9. The maximum atomic E-state index is 12.1. The van der Waals surface area contributed by atoms with Gasteiger partial charge < -0.3 is 9.09 Å². The zero-order valence-corrected chi connectivity index (χ0v) is 17.9. The highest BCUT2D eigenvalue weighted by Gasteiger charge is 2.28. The topological polar surface area (TPSA) is 119 Å². The van der Waals surface area contributed by atoms with Crippen molar-refractivity contribution in [1.29, 1.82) is 0 Å². The molecule has 9 nitrogen and oxygen atoms in total. The molecule has 10 heteroatoms. The molecule has 2 N–H and O–H groups in total. The fraction of sp³-hybridized carbons (Fsp3) is 0.0455. The number of amides is 4. The average molecular weight is 492 g/mol. The fourth-order valence-corrected chi connectivity index (χ4v) is 3.73. The molecule has 32 heavy (non-hydrogen) atoms. The highest BCUT2D eigenvalue weighted by molar-refractivity contribution is 9.10. The number of urea groups is 1. The van der Waals surface area contributed by atoms with Crippen LogP contribution in [0.4, 0.5) is 4.79 Å². The van der Waals surface area contributed by atoms with Gasteiger partial charge in [-0.2, -0.15) is 4.98 Å². The van der Waals surface area contributed by atoms with Crippen molar-refractivity contribution >= 4 is 50.8 Å². The van der Waals surface area contributed by atoms with E-state index in [0.717, 1.165) is 20.9 Å². The lowest BCUT2D eigenvalue weighted by molar-refractivity contribution is -0.123. The summed E-state index contributed by atoms with van der Waals surface area (Å²) in [6, 6.07) is 14.3. The molecule has 1 aliphatic heterocycles. The number of hydrogen-bond acceptors (Lipinski definition) is 6. The Bertz CT molecular complexity index is 1400. The van der Waals surface area contributed by atoms with E-state index in [9.17, 15) is 14.4 Å². The monoisotopic (exact) mass is 491 g/mol. The van der Waals surface area contributed by atoms with Crippen LogP contribution < -0.4 is 10.6 Å². The van der Waals surface area contributed by atoms with Crippen LogP contribution in [0.15, 0.2) is 69.3 Å². The highest BCUT2D eigenvalue weighted by atomic mass is 79.9. The predicted molar refractivity (Wildman–Crippen MR) is 118 cm³/mol. The minimum Gasteiger partial charge on any atom is -0.337 e. The molecule has 0 atom stereocenters. The summed E-state index contributed by atoms with van der Waals surface area (Å²) in [5.41, 5.74) is 2.18. The van der Waals surface area contributed by atoms with Crippen LogP contribution in [0.2, 0.25) is 0 Å². The number of aromatic nitrogens is 3. The van der Waals surface area contributed by atoms with E-state index in [1.165, 1.54) is 6.08 Å². The molecule has 4 aromatic rings. The van der Waals surface area contributed by atoms with E-state index in [1.54, 1.807) is 6.20 Å². The van der Waals surface area contributed by atoms with Crippen molar-refractivity contribution in [2.75, 3.05) is 0 Å². The average Bonchev–Trinajstić information content (AvgIpc) is 3.37. The third-order valence-corrected chi connectivity index (χ3v) is 5.47. The standard InChI is InChI=1S/C22H14BrN5O4/c23-14-7-5-12(6-8-14)19-24-18(32-27-19)11-28-10-13(15-3-1-2-4-17(15)28)9-16-20(29)25-22(31)26-21(16)30/h1-10H,11H2,(H2,25,26,29,30,31). The summed E-state index contributed by atoms with van der Waals surface area (Å²) in [6.07, 6.45) is 3.25. The van der Waals surface area contributed by atoms with Crippen molar-refractivity contribution in [3.63, 3.8) is 0 Å². The fourth-order valence-electron chi connectivity index (χ4n) is 3.46. The SMILES string of the molecule is O=C1NC(=O)C(=Cc2cn(Cc3nc(-c4ccc(Br)cc4)no3)c3ccccc23)C(=O)N1. The minimum atomic E-state index is -0.836. The molecule has 0 aliphatic carbocycles. The molecular formula is C22H14BrN5O4. The van der Waals surface area contributed by atoms with Gasteiger partial charge in [0.1, 0.15) is 12.1 Å². The number of fused-ring (bicyclic) bond motifs is 1. The second-order valence-electron chi connectivity index (χ2n) is 7.04. The molecule has 0 spiro atoms. The van der Waals surface area contributed by atoms with E-state index in [4.69, 9.17) is 4.52 Å². The van der Waals surface area contributed by atoms with Gasteiger partial charge in [0, 0.05) is 32.7 Å². The summed E-state index contributed by atoms with van der Waals surface area (Å²) in [6.45, 7) is 0.296. The number of halogens is 1. The van der Waals surface area contributed by atoms with Crippen LogP contribution in [-0.2, 0) is 16.1 Å². The number of para-hydroxylation sites is 1. The molecule has 4 amide bonds. The Balaban J connectivity index is 1.49. The number of carbonyl (C=O) groups is 3. The molecule has 0 bridgehead atoms. The number of carbonyl (C=O) groups excluding carboxylic acids is 3. The number of barbiturate groups is 1. The van der Waals surface area contributed by atoms with Gasteiger partial charge >= 0.3 is 6.03 Å². The molecule has 158 valence electrons. The first kappa shape index (κ1) is 19.9. The van der Waals surface area contributed by atoms with Crippen LogP contribution in [0.25, 0.3) is 28.4 Å². The Morgan fingerprint density at radius 1 is 1.00 bits per heavy atom. The number of benzene rings is 2. The molecule has 0 saturated carbocycles. The van der Waals surface area contributed by atoms with Gasteiger partial charge in [-0.05, 0) is 36.4 Å². The second-order valence-corrected chi connectivity index (χ2v) is 7.96. The zero-order chi connectivity index (χ0) is 22.2. The van der Waals surface area contributed by atoms with Crippen LogP contribution in [-0.4, -0.2) is 32.6 Å². The lowest BCUT2D eigenvalue weighted by Crippen LogP contribution is -2.51. The van der Waals surface area contributed by atoms with E-state index < -0.39 is 17.8 Å². The van der Waals surface area contributed by atoms with Crippen molar-refractivity contribution in [3.05, 3.63) is 76.2 Å². The second kappa shape index (κ2) is 7.89. The minimum absolute atomic E-state index is 0.150. The number of rotatable bonds is 4. The summed E-state index contributed by atoms with van der Waals surface area (Å²) in [5.74, 6) is -0.605. The summed E-state index contributed by atoms with van der Waals surface area (Å²) in [4.78, 5) is 40.0. The molecule has 0 unspecified atom stereocenters. The molecule has 0 radical (unpaired) electrons. The van der Waals surface area contributed by atoms with Crippen molar-refractivity contribution in [2.24, 2.45) is 0 Å². The Morgan fingerprint density at radius 2 is 1.72 bits per heavy atom. The first-order chi connectivity index (χ1) is 15.5. The summed E-state index contributed by atoms with van der Waals surface area (Å²) < 4.78 is 8.28. The van der Waals surface area contributed by atoms with Crippen molar-refractivity contribution < 1.29 is 18.9 Å². The van der Waals surface area contributed by atoms with E-state index in [2.05, 4.69) is 36.7 Å². The maximum Gasteiger partial charge on any atom is 0.328 e. The number of hydrogen-bond donors (Lipinski definition) is 2. The Morgan fingerprint density at radius 3 is 2.47 bits per heavy atom. The lowest BCUT2D eigenvalue weighted by atomic mass is 10.1. The van der Waals surface area contributed by atoms with E-state index in [0.29, 0.717) is 23.8 Å². The van der Waals surface area contributed by atoms with Crippen molar-refractivity contribution in [1.82, 2.24) is 25.3 Å². The Labute approximate surface area is 189 Å². The molecular weight excluding hydrogens is 478 g/mol. The maximum absolute atomic E-state index is 12.1. The Kier molecular flexibility index (Phi) is 4.91. The quantitative estimate of drug-likeness (QED) is 0.334. The van der Waals surface area contributed by atoms with Crippen LogP contribution >= 0.6 is 15.9 Å². The summed E-state index contributed by atoms with van der Waals surface area (Å²) >= 11 is 3.40. The van der Waals surface area contributed by atoms with Gasteiger partial charge in [0.25, 0.3) is 11.8 Å². The number of nitrogens with zero attached hydrogens (tertiary/aromatic N) is 3. The predicted octanol–water partition coefficient (Wildman–Crippen LogP) is 3.25. The molecule has 1 saturated heterocycles. The molecule has 3 heterocycles. The van der Waals surface area contributed by atoms with Gasteiger partial charge in [-0.1, -0.05) is 39.3 Å². The first-order valence-electron chi connectivity index (χ1n) is 9.53.